The molecule has 1 fully saturated rings. The average Bonchev–Trinajstić information content (AvgIpc) is 2.43. The van der Waals surface area contributed by atoms with Crippen LogP contribution in [-0.2, 0) is 21.2 Å². The van der Waals surface area contributed by atoms with Gasteiger partial charge in [-0.05, 0) is 49.3 Å². The molecule has 1 unspecified atom stereocenters. The molecule has 6 heteroatoms. The number of carbonyl (C=O) groups is 1. The van der Waals surface area contributed by atoms with E-state index in [1.807, 2.05) is 6.07 Å². The van der Waals surface area contributed by atoms with Crippen LogP contribution < -0.4 is 4.72 Å². The number of hydrogen-bond donors (Lipinski definition) is 1. The third kappa shape index (κ3) is 2.77. The Balaban J connectivity index is 1.90. The van der Waals surface area contributed by atoms with Crippen molar-refractivity contribution in [3.8, 4) is 0 Å². The minimum atomic E-state index is -3.27. The van der Waals surface area contributed by atoms with E-state index in [0.29, 0.717) is 5.56 Å². The average molecular weight is 323 g/mol. The molecule has 0 spiro atoms. The lowest BCUT2D eigenvalue weighted by Crippen LogP contribution is -2.41. The predicted molar refractivity (Wildman–Crippen MR) is 83.2 cm³/mol. The highest BCUT2D eigenvalue weighted by molar-refractivity contribution is 7.90. The second-order valence-corrected chi connectivity index (χ2v) is 8.02. The van der Waals surface area contributed by atoms with Crippen molar-refractivity contribution >= 4 is 16.0 Å². The van der Waals surface area contributed by atoms with Gasteiger partial charge in [0.1, 0.15) is 0 Å². The van der Waals surface area contributed by atoms with Crippen LogP contribution in [0, 0.1) is 0 Å². The van der Waals surface area contributed by atoms with Crippen molar-refractivity contribution in [3.63, 3.8) is 0 Å². The first-order valence-electron chi connectivity index (χ1n) is 7.74. The number of methoxy groups -OCH3 is 1. The Morgan fingerprint density at radius 3 is 2.64 bits per heavy atom. The summed E-state index contributed by atoms with van der Waals surface area (Å²) in [4.78, 5) is 11.9. The van der Waals surface area contributed by atoms with Crippen molar-refractivity contribution in [1.82, 2.24) is 4.72 Å². The molecule has 3 rings (SSSR count). The fourth-order valence-corrected chi connectivity index (χ4v) is 5.04. The molecule has 2 aliphatic rings. The third-order valence-electron chi connectivity index (χ3n) is 4.71. The van der Waals surface area contributed by atoms with Gasteiger partial charge in [0.05, 0.1) is 17.9 Å². The fraction of sp³-hybridized carbons (Fsp3) is 0.562. The molecular weight excluding hydrogens is 302 g/mol. The maximum Gasteiger partial charge on any atom is 0.338 e. The third-order valence-corrected chi connectivity index (χ3v) is 6.67. The first-order valence-corrected chi connectivity index (χ1v) is 9.29. The molecule has 1 aromatic rings. The number of nitrogens with one attached hydrogen (secondary N) is 1. The minimum Gasteiger partial charge on any atom is -0.465 e. The number of rotatable bonds is 4. The van der Waals surface area contributed by atoms with Gasteiger partial charge >= 0.3 is 5.97 Å². The second-order valence-electron chi connectivity index (χ2n) is 6.03. The molecule has 1 atom stereocenters. The normalized spacial score (nSPS) is 21.8. The number of esters is 1. The number of carbonyl (C=O) groups excluding carboxylic acids is 1. The van der Waals surface area contributed by atoms with Gasteiger partial charge in [-0.3, -0.25) is 0 Å². The molecule has 0 aromatic heterocycles. The maximum absolute atomic E-state index is 12.4. The lowest BCUT2D eigenvalue weighted by molar-refractivity contribution is 0.0599. The first kappa shape index (κ1) is 15.5. The Hall–Kier alpha value is -1.40. The molecule has 0 heterocycles. The van der Waals surface area contributed by atoms with Crippen LogP contribution in [0.4, 0.5) is 0 Å². The summed E-state index contributed by atoms with van der Waals surface area (Å²) in [5, 5.41) is -0.248. The van der Waals surface area contributed by atoms with Gasteiger partial charge in [0.25, 0.3) is 0 Å². The van der Waals surface area contributed by atoms with Crippen LogP contribution in [0.25, 0.3) is 0 Å². The highest BCUT2D eigenvalue weighted by atomic mass is 32.2. The zero-order chi connectivity index (χ0) is 15.7. The van der Waals surface area contributed by atoms with Gasteiger partial charge in [-0.2, -0.15) is 0 Å². The zero-order valence-electron chi connectivity index (χ0n) is 12.7. The molecule has 1 aromatic carbocycles. The highest BCUT2D eigenvalue weighted by Crippen LogP contribution is 2.34. The molecule has 0 bridgehead atoms. The van der Waals surface area contributed by atoms with Gasteiger partial charge in [0.15, 0.2) is 0 Å². The van der Waals surface area contributed by atoms with Gasteiger partial charge in [-0.25, -0.2) is 17.9 Å². The summed E-state index contributed by atoms with van der Waals surface area (Å²) >= 11 is 0. The Labute approximate surface area is 131 Å². The molecule has 1 N–H and O–H groups in total. The Kier molecular flexibility index (Phi) is 4.23. The molecule has 0 saturated heterocycles. The molecule has 22 heavy (non-hydrogen) atoms. The molecule has 1 saturated carbocycles. The largest absolute Gasteiger partial charge is 0.465 e. The van der Waals surface area contributed by atoms with Gasteiger partial charge in [0.2, 0.25) is 10.0 Å². The lowest BCUT2D eigenvalue weighted by atomic mass is 9.85. The van der Waals surface area contributed by atoms with E-state index in [4.69, 9.17) is 4.74 Å². The highest BCUT2D eigenvalue weighted by Gasteiger charge is 2.34. The summed E-state index contributed by atoms with van der Waals surface area (Å²) in [7, 11) is -1.91. The number of fused-ring (bicyclic) bond motifs is 1. The standard InChI is InChI=1S/C16H21NO4S/c1-21-16(18)14-9-3-8-13-12(14)7-4-10-15(13)17-22(19,20)11-5-2-6-11/h3,8-9,11,15,17H,2,4-7,10H2,1H3. The number of hydrogen-bond acceptors (Lipinski definition) is 4. The van der Waals surface area contributed by atoms with Crippen molar-refractivity contribution in [3.05, 3.63) is 34.9 Å². The van der Waals surface area contributed by atoms with Crippen LogP contribution in [0.15, 0.2) is 18.2 Å². The second kappa shape index (κ2) is 6.01. The van der Waals surface area contributed by atoms with Gasteiger partial charge in [-0.15, -0.1) is 0 Å². The van der Waals surface area contributed by atoms with E-state index in [1.54, 1.807) is 12.1 Å². The summed E-state index contributed by atoms with van der Waals surface area (Å²) in [5.41, 5.74) is 2.38. The molecule has 0 amide bonds. The number of ether oxygens (including phenoxy) is 1. The van der Waals surface area contributed by atoms with Crippen molar-refractivity contribution in [2.75, 3.05) is 7.11 Å². The van der Waals surface area contributed by atoms with Crippen LogP contribution in [-0.4, -0.2) is 26.7 Å². The van der Waals surface area contributed by atoms with E-state index in [0.717, 1.165) is 49.7 Å². The van der Waals surface area contributed by atoms with E-state index < -0.39 is 10.0 Å². The van der Waals surface area contributed by atoms with Crippen LogP contribution in [0.2, 0.25) is 0 Å². The molecule has 0 radical (unpaired) electrons. The molecule has 2 aliphatic carbocycles. The summed E-state index contributed by atoms with van der Waals surface area (Å²) in [6, 6.07) is 5.21. The minimum absolute atomic E-state index is 0.237. The van der Waals surface area contributed by atoms with E-state index in [-0.39, 0.29) is 17.3 Å². The Morgan fingerprint density at radius 1 is 1.23 bits per heavy atom. The SMILES string of the molecule is COC(=O)c1cccc2c1CCCC2NS(=O)(=O)C1CCC1. The Bertz CT molecular complexity index is 679. The molecular formula is C16H21NO4S. The predicted octanol–water partition coefficient (Wildman–Crippen LogP) is 2.32. The van der Waals surface area contributed by atoms with Crippen molar-refractivity contribution in [2.24, 2.45) is 0 Å². The van der Waals surface area contributed by atoms with Crippen molar-refractivity contribution < 1.29 is 17.9 Å². The maximum atomic E-state index is 12.4. The summed E-state index contributed by atoms with van der Waals surface area (Å²) in [6.07, 6.45) is 4.89. The summed E-state index contributed by atoms with van der Waals surface area (Å²) in [5.74, 6) is -0.362. The molecule has 5 nitrogen and oxygen atoms in total. The van der Waals surface area contributed by atoms with Crippen LogP contribution >= 0.6 is 0 Å². The zero-order valence-corrected chi connectivity index (χ0v) is 13.5. The smallest absolute Gasteiger partial charge is 0.338 e. The monoisotopic (exact) mass is 323 g/mol. The molecule has 120 valence electrons. The van der Waals surface area contributed by atoms with Crippen LogP contribution in [0.3, 0.4) is 0 Å². The molecule has 0 aliphatic heterocycles. The fourth-order valence-electron chi connectivity index (χ4n) is 3.25. The summed E-state index contributed by atoms with van der Waals surface area (Å²) < 4.78 is 32.4. The van der Waals surface area contributed by atoms with E-state index >= 15 is 0 Å². The van der Waals surface area contributed by atoms with Crippen LogP contribution in [0.1, 0.15) is 59.6 Å². The van der Waals surface area contributed by atoms with Crippen LogP contribution in [0.5, 0.6) is 0 Å². The van der Waals surface area contributed by atoms with Gasteiger partial charge in [-0.1, -0.05) is 18.6 Å². The van der Waals surface area contributed by atoms with Gasteiger partial charge < -0.3 is 4.74 Å². The first-order chi connectivity index (χ1) is 10.5. The van der Waals surface area contributed by atoms with Gasteiger partial charge in [0, 0.05) is 6.04 Å². The van der Waals surface area contributed by atoms with E-state index in [2.05, 4.69) is 4.72 Å². The quantitative estimate of drug-likeness (QED) is 0.863. The van der Waals surface area contributed by atoms with Crippen molar-refractivity contribution in [2.45, 2.75) is 49.8 Å². The number of sulfonamides is 1. The summed E-state index contributed by atoms with van der Waals surface area (Å²) in [6.45, 7) is 0. The Morgan fingerprint density at radius 2 is 2.00 bits per heavy atom. The van der Waals surface area contributed by atoms with Crippen molar-refractivity contribution in [1.29, 1.82) is 0 Å². The van der Waals surface area contributed by atoms with E-state index in [1.165, 1.54) is 7.11 Å². The lowest BCUT2D eigenvalue weighted by Gasteiger charge is -2.31. The van der Waals surface area contributed by atoms with E-state index in [9.17, 15) is 13.2 Å². The number of benzene rings is 1. The topological polar surface area (TPSA) is 72.5 Å².